The molecular formula is C27H30Cl2N4O5S. The molecular weight excluding hydrogens is 563 g/mol. The Morgan fingerprint density at radius 3 is 2.13 bits per heavy atom. The van der Waals surface area contributed by atoms with Gasteiger partial charge in [-0.05, 0) is 48.9 Å². The number of anilines is 1. The summed E-state index contributed by atoms with van der Waals surface area (Å²) in [6.07, 6.45) is 2.98. The summed E-state index contributed by atoms with van der Waals surface area (Å²) in [7, 11) is -4.23. The van der Waals surface area contributed by atoms with Gasteiger partial charge in [-0.3, -0.25) is 14.6 Å². The topological polar surface area (TPSA) is 137 Å². The third-order valence-electron chi connectivity index (χ3n) is 5.91. The molecule has 0 bridgehead atoms. The van der Waals surface area contributed by atoms with E-state index in [4.69, 9.17) is 23.2 Å². The maximum atomic E-state index is 13.1. The van der Waals surface area contributed by atoms with Gasteiger partial charge < -0.3 is 10.4 Å². The van der Waals surface area contributed by atoms with Crippen LogP contribution in [0, 0.1) is 5.92 Å². The smallest absolute Gasteiger partial charge is 0.322 e. The number of carbonyl (C=O) groups excluding carboxylic acids is 1. The molecule has 4 N–H and O–H groups in total. The number of nitrogens with one attached hydrogen (secondary N) is 3. The fraction of sp³-hybridized carbons (Fsp3) is 0.296. The van der Waals surface area contributed by atoms with Gasteiger partial charge in [0.25, 0.3) is 16.1 Å². The minimum atomic E-state index is -4.23. The molecule has 2 aromatic carbocycles. The van der Waals surface area contributed by atoms with Gasteiger partial charge in [0.2, 0.25) is 0 Å². The van der Waals surface area contributed by atoms with Crippen molar-refractivity contribution in [3.63, 3.8) is 0 Å². The molecule has 12 heteroatoms. The molecule has 1 heterocycles. The van der Waals surface area contributed by atoms with Crippen molar-refractivity contribution >= 4 is 51.0 Å². The molecule has 39 heavy (non-hydrogen) atoms. The Kier molecular flexibility index (Phi) is 10.1. The number of hydrogen-bond donors (Lipinski definition) is 4. The number of halogens is 2. The van der Waals surface area contributed by atoms with Crippen LogP contribution in [0.1, 0.15) is 48.7 Å². The summed E-state index contributed by atoms with van der Waals surface area (Å²) in [5.74, 6) is -1.70. The second-order valence-electron chi connectivity index (χ2n) is 9.74. The number of nitrogens with zero attached hydrogens (tertiary/aromatic N) is 1. The summed E-state index contributed by atoms with van der Waals surface area (Å²) in [6.45, 7) is 5.74. The van der Waals surface area contributed by atoms with Crippen LogP contribution >= 0.6 is 23.2 Å². The lowest BCUT2D eigenvalue weighted by Gasteiger charge is -2.33. The van der Waals surface area contributed by atoms with Gasteiger partial charge in [-0.25, -0.2) is 0 Å². The Morgan fingerprint density at radius 1 is 1.00 bits per heavy atom. The largest absolute Gasteiger partial charge is 0.480 e. The summed E-state index contributed by atoms with van der Waals surface area (Å²) in [4.78, 5) is 28.4. The molecule has 0 aliphatic carbocycles. The van der Waals surface area contributed by atoms with E-state index in [0.29, 0.717) is 17.7 Å². The van der Waals surface area contributed by atoms with Gasteiger partial charge >= 0.3 is 5.97 Å². The second-order valence-corrected chi connectivity index (χ2v) is 12.0. The number of hydrogen-bond acceptors (Lipinski definition) is 5. The third kappa shape index (κ3) is 8.48. The van der Waals surface area contributed by atoms with E-state index < -0.39 is 33.7 Å². The fourth-order valence-corrected chi connectivity index (χ4v) is 6.26. The van der Waals surface area contributed by atoms with E-state index >= 15 is 0 Å². The van der Waals surface area contributed by atoms with Gasteiger partial charge in [0.05, 0.1) is 21.1 Å². The van der Waals surface area contributed by atoms with Crippen molar-refractivity contribution in [3.8, 4) is 0 Å². The predicted octanol–water partition coefficient (Wildman–Crippen LogP) is 5.02. The molecule has 0 fully saturated rings. The van der Waals surface area contributed by atoms with Crippen LogP contribution in [0.25, 0.3) is 0 Å². The van der Waals surface area contributed by atoms with Crippen molar-refractivity contribution in [2.75, 3.05) is 5.32 Å². The predicted molar refractivity (Wildman–Crippen MR) is 152 cm³/mol. The lowest BCUT2D eigenvalue weighted by molar-refractivity contribution is -0.138. The van der Waals surface area contributed by atoms with Gasteiger partial charge in [0.15, 0.2) is 0 Å². The van der Waals surface area contributed by atoms with Crippen molar-refractivity contribution < 1.29 is 23.1 Å². The Balaban J connectivity index is 1.72. The van der Waals surface area contributed by atoms with E-state index in [2.05, 4.69) is 19.7 Å². The number of benzene rings is 2. The number of carboxylic acids is 1. The van der Waals surface area contributed by atoms with E-state index in [1.165, 1.54) is 12.4 Å². The van der Waals surface area contributed by atoms with E-state index in [9.17, 15) is 23.1 Å². The molecule has 1 amide bonds. The van der Waals surface area contributed by atoms with Crippen LogP contribution in [0.3, 0.4) is 0 Å². The Morgan fingerprint density at radius 2 is 1.59 bits per heavy atom. The molecule has 0 saturated carbocycles. The maximum Gasteiger partial charge on any atom is 0.322 e. The van der Waals surface area contributed by atoms with Crippen LogP contribution in [0.2, 0.25) is 10.0 Å². The number of pyridine rings is 1. The van der Waals surface area contributed by atoms with E-state index in [1.807, 2.05) is 44.2 Å². The SMILES string of the molecule is CC(C)C[C@@](C)(NS(=O)(=O)N[C@@H](Cc1ccc(NC(=O)c2c(Cl)cncc2Cl)cc1)C(=O)O)c1ccccc1. The van der Waals surface area contributed by atoms with Gasteiger partial charge in [0.1, 0.15) is 6.04 Å². The monoisotopic (exact) mass is 592 g/mol. The van der Waals surface area contributed by atoms with Crippen LogP contribution < -0.4 is 14.8 Å². The number of aromatic nitrogens is 1. The van der Waals surface area contributed by atoms with Crippen LogP contribution in [0.5, 0.6) is 0 Å². The van der Waals surface area contributed by atoms with Crippen LogP contribution in [0.15, 0.2) is 67.0 Å². The van der Waals surface area contributed by atoms with Gasteiger partial charge in [0, 0.05) is 18.1 Å². The zero-order chi connectivity index (χ0) is 28.8. The maximum absolute atomic E-state index is 13.1. The molecule has 3 aromatic rings. The van der Waals surface area contributed by atoms with Gasteiger partial charge in [-0.15, -0.1) is 0 Å². The highest BCUT2D eigenvalue weighted by Gasteiger charge is 2.34. The van der Waals surface area contributed by atoms with Crippen molar-refractivity contribution in [3.05, 3.63) is 93.7 Å². The average Bonchev–Trinajstić information content (AvgIpc) is 2.84. The van der Waals surface area contributed by atoms with Gasteiger partial charge in [-0.1, -0.05) is 79.5 Å². The minimum absolute atomic E-state index is 0.0743. The lowest BCUT2D eigenvalue weighted by atomic mass is 9.85. The first-order valence-corrected chi connectivity index (χ1v) is 14.3. The highest BCUT2D eigenvalue weighted by atomic mass is 35.5. The Hall–Kier alpha value is -3.02. The minimum Gasteiger partial charge on any atom is -0.480 e. The number of carboxylic acid groups (broad SMARTS) is 1. The second kappa shape index (κ2) is 12.9. The average molecular weight is 594 g/mol. The van der Waals surface area contributed by atoms with E-state index in [-0.39, 0.29) is 27.9 Å². The van der Waals surface area contributed by atoms with Crippen molar-refractivity contribution in [2.45, 2.75) is 45.2 Å². The summed E-state index contributed by atoms with van der Waals surface area (Å²) >= 11 is 12.1. The summed E-state index contributed by atoms with van der Waals surface area (Å²) in [5, 5.41) is 12.6. The van der Waals surface area contributed by atoms with Crippen molar-refractivity contribution in [1.82, 2.24) is 14.4 Å². The molecule has 0 saturated heterocycles. The molecule has 0 aliphatic heterocycles. The molecule has 0 spiro atoms. The summed E-state index contributed by atoms with van der Waals surface area (Å²) in [6, 6.07) is 14.0. The zero-order valence-electron chi connectivity index (χ0n) is 21.6. The number of carbonyl (C=O) groups is 2. The lowest BCUT2D eigenvalue weighted by Crippen LogP contribution is -2.53. The zero-order valence-corrected chi connectivity index (χ0v) is 23.9. The van der Waals surface area contributed by atoms with Crippen molar-refractivity contribution in [2.24, 2.45) is 5.92 Å². The molecule has 3 rings (SSSR count). The summed E-state index contributed by atoms with van der Waals surface area (Å²) in [5.41, 5.74) is 0.837. The molecule has 1 aromatic heterocycles. The third-order valence-corrected chi connectivity index (χ3v) is 7.80. The molecule has 0 unspecified atom stereocenters. The first-order chi connectivity index (χ1) is 18.3. The van der Waals surface area contributed by atoms with Gasteiger partial charge in [-0.2, -0.15) is 17.9 Å². The van der Waals surface area contributed by atoms with Crippen LogP contribution in [-0.4, -0.2) is 36.4 Å². The Bertz CT molecular complexity index is 1400. The number of amides is 1. The standard InChI is InChI=1S/C27H30Cl2N4O5S/c1-17(2)14-27(3,19-7-5-4-6-8-19)33-39(37,38)32-23(26(35)36)13-18-9-11-20(12-10-18)31-25(34)24-21(28)15-30-16-22(24)29/h4-12,15-17,23,32-33H,13-14H2,1-3H3,(H,31,34)(H,35,36)/t23-,27+/m0/s1. The Labute approximate surface area is 238 Å². The van der Waals surface area contributed by atoms with Crippen LogP contribution in [-0.2, 0) is 27.0 Å². The van der Waals surface area contributed by atoms with E-state index in [1.54, 1.807) is 31.2 Å². The molecule has 9 nitrogen and oxygen atoms in total. The van der Waals surface area contributed by atoms with E-state index in [0.717, 1.165) is 5.56 Å². The summed E-state index contributed by atoms with van der Waals surface area (Å²) < 4.78 is 31.2. The number of rotatable bonds is 12. The first kappa shape index (κ1) is 30.5. The molecule has 2 atom stereocenters. The fourth-order valence-electron chi connectivity index (χ4n) is 4.32. The highest BCUT2D eigenvalue weighted by Crippen LogP contribution is 2.29. The van der Waals surface area contributed by atoms with Crippen molar-refractivity contribution in [1.29, 1.82) is 0 Å². The molecule has 208 valence electrons. The highest BCUT2D eigenvalue weighted by molar-refractivity contribution is 7.87. The quantitative estimate of drug-likeness (QED) is 0.233. The molecule has 0 aliphatic rings. The van der Waals surface area contributed by atoms with Crippen LogP contribution in [0.4, 0.5) is 5.69 Å². The first-order valence-electron chi connectivity index (χ1n) is 12.1. The number of aliphatic carboxylic acids is 1. The molecule has 0 radical (unpaired) electrons. The normalized spacial score (nSPS) is 14.0.